The lowest BCUT2D eigenvalue weighted by Gasteiger charge is -2.11. The Hall–Kier alpha value is -1.00. The molecule has 1 aromatic carbocycles. The molecule has 0 aliphatic carbocycles. The first-order valence-electron chi connectivity index (χ1n) is 6.08. The monoisotopic (exact) mass is 268 g/mol. The quantitative estimate of drug-likeness (QED) is 0.885. The van der Waals surface area contributed by atoms with Crippen LogP contribution in [0.4, 0.5) is 4.39 Å². The van der Waals surface area contributed by atoms with Crippen LogP contribution in [-0.4, -0.2) is 16.1 Å². The van der Waals surface area contributed by atoms with E-state index < -0.39 is 6.10 Å². The van der Waals surface area contributed by atoms with Crippen molar-refractivity contribution in [2.75, 3.05) is 5.75 Å². The molecule has 98 valence electrons. The van der Waals surface area contributed by atoms with Gasteiger partial charge in [0.25, 0.3) is 0 Å². The maximum Gasteiger partial charge on any atom is 0.134 e. The SMILES string of the molecule is CCC(C)SCC(O)c1cc2cc(F)ccc2o1. The molecule has 0 spiro atoms. The highest BCUT2D eigenvalue weighted by atomic mass is 32.2. The number of hydrogen-bond acceptors (Lipinski definition) is 3. The molecule has 0 bridgehead atoms. The van der Waals surface area contributed by atoms with Crippen molar-refractivity contribution >= 4 is 22.7 Å². The first-order chi connectivity index (χ1) is 8.60. The second kappa shape index (κ2) is 5.76. The number of aliphatic hydroxyl groups excluding tert-OH is 1. The Bertz CT molecular complexity index is 523. The van der Waals surface area contributed by atoms with Gasteiger partial charge in [-0.25, -0.2) is 4.39 Å². The van der Waals surface area contributed by atoms with Crippen molar-refractivity contribution in [3.8, 4) is 0 Å². The number of hydrogen-bond donors (Lipinski definition) is 1. The van der Waals surface area contributed by atoms with Crippen LogP contribution in [0.15, 0.2) is 28.7 Å². The van der Waals surface area contributed by atoms with Crippen LogP contribution in [0.3, 0.4) is 0 Å². The van der Waals surface area contributed by atoms with Crippen molar-refractivity contribution in [3.05, 3.63) is 35.8 Å². The van der Waals surface area contributed by atoms with Crippen LogP contribution in [0.2, 0.25) is 0 Å². The summed E-state index contributed by atoms with van der Waals surface area (Å²) in [5.41, 5.74) is 0.610. The van der Waals surface area contributed by atoms with E-state index in [-0.39, 0.29) is 5.82 Å². The maximum absolute atomic E-state index is 13.0. The lowest BCUT2D eigenvalue weighted by atomic mass is 10.2. The molecule has 0 aliphatic heterocycles. The number of rotatable bonds is 5. The van der Waals surface area contributed by atoms with Gasteiger partial charge in [-0.2, -0.15) is 11.8 Å². The van der Waals surface area contributed by atoms with Gasteiger partial charge >= 0.3 is 0 Å². The number of thioether (sulfide) groups is 1. The Balaban J connectivity index is 2.10. The molecule has 2 unspecified atom stereocenters. The highest BCUT2D eigenvalue weighted by Gasteiger charge is 2.15. The van der Waals surface area contributed by atoms with Crippen LogP contribution in [0.1, 0.15) is 32.1 Å². The summed E-state index contributed by atoms with van der Waals surface area (Å²) in [4.78, 5) is 0. The third-order valence-electron chi connectivity index (χ3n) is 2.94. The molecule has 4 heteroatoms. The molecule has 2 aromatic rings. The van der Waals surface area contributed by atoms with E-state index in [4.69, 9.17) is 4.42 Å². The zero-order valence-electron chi connectivity index (χ0n) is 10.5. The van der Waals surface area contributed by atoms with Crippen molar-refractivity contribution < 1.29 is 13.9 Å². The summed E-state index contributed by atoms with van der Waals surface area (Å²) in [6.07, 6.45) is 0.433. The molecule has 0 aliphatic rings. The van der Waals surface area contributed by atoms with E-state index in [0.29, 0.717) is 27.7 Å². The van der Waals surface area contributed by atoms with Gasteiger partial charge in [0, 0.05) is 16.4 Å². The van der Waals surface area contributed by atoms with Crippen LogP contribution in [-0.2, 0) is 0 Å². The molecule has 18 heavy (non-hydrogen) atoms. The number of halogens is 1. The fraction of sp³-hybridized carbons (Fsp3) is 0.429. The standard InChI is InChI=1S/C14H17FO2S/c1-3-9(2)18-8-12(16)14-7-10-6-11(15)4-5-13(10)17-14/h4-7,9,12,16H,3,8H2,1-2H3. The van der Waals surface area contributed by atoms with Crippen LogP contribution >= 0.6 is 11.8 Å². The van der Waals surface area contributed by atoms with E-state index >= 15 is 0 Å². The van der Waals surface area contributed by atoms with Crippen molar-refractivity contribution in [3.63, 3.8) is 0 Å². The predicted molar refractivity (Wildman–Crippen MR) is 73.3 cm³/mol. The molecule has 1 N–H and O–H groups in total. The van der Waals surface area contributed by atoms with Gasteiger partial charge in [-0.3, -0.25) is 0 Å². The van der Waals surface area contributed by atoms with Crippen molar-refractivity contribution in [2.24, 2.45) is 0 Å². The van der Waals surface area contributed by atoms with Crippen LogP contribution in [0.5, 0.6) is 0 Å². The van der Waals surface area contributed by atoms with Crippen molar-refractivity contribution in [1.29, 1.82) is 0 Å². The third kappa shape index (κ3) is 3.06. The zero-order valence-corrected chi connectivity index (χ0v) is 11.3. The van der Waals surface area contributed by atoms with E-state index in [1.54, 1.807) is 23.9 Å². The maximum atomic E-state index is 13.0. The normalized spacial score (nSPS) is 14.9. The minimum absolute atomic E-state index is 0.293. The lowest BCUT2D eigenvalue weighted by molar-refractivity contribution is 0.176. The minimum atomic E-state index is -0.639. The van der Waals surface area contributed by atoms with Gasteiger partial charge < -0.3 is 9.52 Å². The number of aliphatic hydroxyl groups is 1. The average molecular weight is 268 g/mol. The first-order valence-corrected chi connectivity index (χ1v) is 7.13. The Morgan fingerprint density at radius 2 is 2.17 bits per heavy atom. The third-order valence-corrected chi connectivity index (χ3v) is 4.35. The number of furan rings is 1. The van der Waals surface area contributed by atoms with Crippen LogP contribution in [0, 0.1) is 5.82 Å². The second-order valence-electron chi connectivity index (χ2n) is 4.40. The molecule has 1 aromatic heterocycles. The van der Waals surface area contributed by atoms with E-state index in [2.05, 4.69) is 13.8 Å². The molecule has 0 saturated heterocycles. The Labute approximate surface area is 110 Å². The Kier molecular flexibility index (Phi) is 4.30. The molecule has 2 rings (SSSR count). The highest BCUT2D eigenvalue weighted by Crippen LogP contribution is 2.28. The molecular weight excluding hydrogens is 251 g/mol. The Morgan fingerprint density at radius 3 is 2.89 bits per heavy atom. The van der Waals surface area contributed by atoms with E-state index in [1.165, 1.54) is 12.1 Å². The van der Waals surface area contributed by atoms with Gasteiger partial charge in [-0.1, -0.05) is 13.8 Å². The predicted octanol–water partition coefficient (Wildman–Crippen LogP) is 4.14. The smallest absolute Gasteiger partial charge is 0.134 e. The van der Waals surface area contributed by atoms with Gasteiger partial charge in [0.15, 0.2) is 0 Å². The van der Waals surface area contributed by atoms with Gasteiger partial charge in [0.1, 0.15) is 23.3 Å². The fourth-order valence-corrected chi connectivity index (χ4v) is 2.57. The second-order valence-corrected chi connectivity index (χ2v) is 5.87. The van der Waals surface area contributed by atoms with Gasteiger partial charge in [0.05, 0.1) is 0 Å². The molecular formula is C14H17FO2S. The molecule has 0 fully saturated rings. The summed E-state index contributed by atoms with van der Waals surface area (Å²) in [5, 5.41) is 11.2. The summed E-state index contributed by atoms with van der Waals surface area (Å²) in [7, 11) is 0. The molecule has 0 radical (unpaired) electrons. The topological polar surface area (TPSA) is 33.4 Å². The first kappa shape index (κ1) is 13.4. The van der Waals surface area contributed by atoms with Gasteiger partial charge in [-0.05, 0) is 30.7 Å². The van der Waals surface area contributed by atoms with Crippen molar-refractivity contribution in [1.82, 2.24) is 0 Å². The summed E-state index contributed by atoms with van der Waals surface area (Å²) >= 11 is 1.71. The molecule has 2 nitrogen and oxygen atoms in total. The van der Waals surface area contributed by atoms with E-state index in [0.717, 1.165) is 6.42 Å². The number of fused-ring (bicyclic) bond motifs is 1. The number of benzene rings is 1. The van der Waals surface area contributed by atoms with Crippen molar-refractivity contribution in [2.45, 2.75) is 31.6 Å². The molecule has 1 heterocycles. The largest absolute Gasteiger partial charge is 0.458 e. The molecule has 2 atom stereocenters. The van der Waals surface area contributed by atoms with Gasteiger partial charge in [-0.15, -0.1) is 0 Å². The summed E-state index contributed by atoms with van der Waals surface area (Å²) in [6.45, 7) is 4.25. The van der Waals surface area contributed by atoms with E-state index in [1.807, 2.05) is 0 Å². The lowest BCUT2D eigenvalue weighted by Crippen LogP contribution is -2.03. The van der Waals surface area contributed by atoms with Gasteiger partial charge in [0.2, 0.25) is 0 Å². The minimum Gasteiger partial charge on any atom is -0.458 e. The Morgan fingerprint density at radius 1 is 1.39 bits per heavy atom. The summed E-state index contributed by atoms with van der Waals surface area (Å²) in [5.74, 6) is 0.807. The molecule has 0 saturated carbocycles. The summed E-state index contributed by atoms with van der Waals surface area (Å²) in [6, 6.07) is 6.07. The average Bonchev–Trinajstić information content (AvgIpc) is 2.78. The fourth-order valence-electron chi connectivity index (χ4n) is 1.65. The van der Waals surface area contributed by atoms with Crippen LogP contribution < -0.4 is 0 Å². The molecule has 0 amide bonds. The van der Waals surface area contributed by atoms with Crippen LogP contribution in [0.25, 0.3) is 11.0 Å². The van der Waals surface area contributed by atoms with E-state index in [9.17, 15) is 9.50 Å². The zero-order chi connectivity index (χ0) is 13.1. The summed E-state index contributed by atoms with van der Waals surface area (Å²) < 4.78 is 18.6. The highest BCUT2D eigenvalue weighted by molar-refractivity contribution is 7.99.